The lowest BCUT2D eigenvalue weighted by Crippen LogP contribution is -2.19. The molecule has 3 aliphatic carbocycles. The van der Waals surface area contributed by atoms with Crippen LogP contribution in [0.1, 0.15) is 46.2 Å². The summed E-state index contributed by atoms with van der Waals surface area (Å²) >= 11 is 0. The molecule has 1 nitrogen and oxygen atoms in total. The number of benzene rings is 4. The van der Waals surface area contributed by atoms with Crippen LogP contribution < -0.4 is 0 Å². The largest absolute Gasteiger partial charge is 0.264 e. The van der Waals surface area contributed by atoms with Crippen molar-refractivity contribution in [1.29, 1.82) is 0 Å². The summed E-state index contributed by atoms with van der Waals surface area (Å²) in [4.78, 5) is 4.08. The van der Waals surface area contributed by atoms with Gasteiger partial charge in [0.15, 0.2) is 0 Å². The van der Waals surface area contributed by atoms with Gasteiger partial charge in [0.1, 0.15) is 0 Å². The van der Waals surface area contributed by atoms with E-state index in [9.17, 15) is 0 Å². The normalized spacial score (nSPS) is 18.0. The highest BCUT2D eigenvalue weighted by molar-refractivity contribution is 5.79. The van der Waals surface area contributed by atoms with Crippen molar-refractivity contribution < 1.29 is 0 Å². The lowest BCUT2D eigenvalue weighted by Gasteiger charge is -2.31. The molecule has 0 spiro atoms. The number of rotatable bonds is 4. The first-order valence-corrected chi connectivity index (χ1v) is 15.1. The van der Waals surface area contributed by atoms with E-state index in [0.717, 1.165) is 23.6 Å². The van der Waals surface area contributed by atoms with E-state index in [4.69, 9.17) is 0 Å². The summed E-state index contributed by atoms with van der Waals surface area (Å²) in [5.41, 5.74) is 12.6. The van der Waals surface area contributed by atoms with Crippen molar-refractivity contribution in [3.8, 4) is 0 Å². The van der Waals surface area contributed by atoms with Crippen LogP contribution in [-0.4, -0.2) is 6.72 Å². The molecule has 0 fully saturated rings. The predicted octanol–water partition coefficient (Wildman–Crippen LogP) is 10.4. The molecular weight excluding hydrogens is 506 g/mol. The fourth-order valence-corrected chi connectivity index (χ4v) is 6.16. The number of fused-ring (bicyclic) bond motifs is 4. The van der Waals surface area contributed by atoms with E-state index in [-0.39, 0.29) is 0 Å². The van der Waals surface area contributed by atoms with Crippen molar-refractivity contribution in [1.82, 2.24) is 0 Å². The first-order chi connectivity index (χ1) is 20.6. The third-order valence-corrected chi connectivity index (χ3v) is 8.42. The first-order valence-electron chi connectivity index (χ1n) is 15.1. The van der Waals surface area contributed by atoms with E-state index in [1.54, 1.807) is 22.3 Å². The molecule has 1 heteroatoms. The molecule has 7 rings (SSSR count). The third-order valence-electron chi connectivity index (χ3n) is 8.42. The monoisotopic (exact) mass is 547 g/mol. The average Bonchev–Trinajstić information content (AvgIpc) is 3.44. The first kappa shape index (κ1) is 29.0. The van der Waals surface area contributed by atoms with E-state index in [1.165, 1.54) is 36.0 Å². The number of hydrogen-bond acceptors (Lipinski definition) is 1. The fraction of sp³-hybridized carbons (Fsp3) is 0.195. The fourth-order valence-electron chi connectivity index (χ4n) is 6.16. The lowest BCUT2D eigenvalue weighted by molar-refractivity contribution is 0.473. The Hall–Kier alpha value is -4.49. The topological polar surface area (TPSA) is 12.4 Å². The van der Waals surface area contributed by atoms with Gasteiger partial charge in [-0.1, -0.05) is 151 Å². The lowest BCUT2D eigenvalue weighted by atomic mass is 9.73. The second-order valence-electron chi connectivity index (χ2n) is 11.2. The van der Waals surface area contributed by atoms with Gasteiger partial charge in [0, 0.05) is 5.92 Å². The molecule has 0 saturated heterocycles. The molecule has 210 valence electrons. The number of aryl methyl sites for hydroxylation is 2. The average molecular weight is 548 g/mol. The molecular formula is C41H41N. The van der Waals surface area contributed by atoms with E-state index >= 15 is 0 Å². The van der Waals surface area contributed by atoms with Crippen LogP contribution in [0.4, 0.5) is 0 Å². The van der Waals surface area contributed by atoms with E-state index in [1.807, 2.05) is 66.7 Å². The molecule has 0 radical (unpaired) electrons. The van der Waals surface area contributed by atoms with Gasteiger partial charge in [0.2, 0.25) is 0 Å². The predicted molar refractivity (Wildman–Crippen MR) is 182 cm³/mol. The zero-order valence-corrected chi connectivity index (χ0v) is 24.9. The summed E-state index contributed by atoms with van der Waals surface area (Å²) in [5.74, 6) is 1.42. The van der Waals surface area contributed by atoms with Crippen molar-refractivity contribution >= 4 is 18.0 Å². The van der Waals surface area contributed by atoms with Crippen molar-refractivity contribution in [2.75, 3.05) is 0 Å². The Bertz CT molecular complexity index is 1590. The second-order valence-corrected chi connectivity index (χ2v) is 11.2. The molecule has 2 atom stereocenters. The van der Waals surface area contributed by atoms with Gasteiger partial charge in [-0.15, -0.1) is 0 Å². The van der Waals surface area contributed by atoms with Crippen LogP contribution in [0.2, 0.25) is 0 Å². The smallest absolute Gasteiger partial charge is 0.0658 e. The quantitative estimate of drug-likeness (QED) is 0.225. The van der Waals surface area contributed by atoms with Crippen LogP contribution in [-0.2, 0) is 12.8 Å². The highest BCUT2D eigenvalue weighted by Crippen LogP contribution is 2.48. The molecule has 0 heterocycles. The van der Waals surface area contributed by atoms with Crippen molar-refractivity contribution in [2.24, 2.45) is 16.8 Å². The number of allylic oxidation sites excluding steroid dienone is 7. The third kappa shape index (κ3) is 7.22. The van der Waals surface area contributed by atoms with Gasteiger partial charge in [-0.25, -0.2) is 0 Å². The Balaban J connectivity index is 0.000000138. The van der Waals surface area contributed by atoms with Gasteiger partial charge in [-0.3, -0.25) is 4.99 Å². The minimum absolute atomic E-state index is 0.672. The van der Waals surface area contributed by atoms with Crippen LogP contribution in [0.25, 0.3) is 11.3 Å². The highest BCUT2D eigenvalue weighted by Gasteiger charge is 2.34. The van der Waals surface area contributed by atoms with Gasteiger partial charge >= 0.3 is 0 Å². The molecule has 0 aromatic heterocycles. The number of hydrogen-bond donors (Lipinski definition) is 0. The van der Waals surface area contributed by atoms with Crippen molar-refractivity contribution in [2.45, 2.75) is 39.5 Å². The Morgan fingerprint density at radius 1 is 0.786 bits per heavy atom. The molecule has 0 N–H and O–H groups in total. The summed E-state index contributed by atoms with van der Waals surface area (Å²) < 4.78 is 0. The standard InChI is InChI=1S/C18H18.C16H15N.C7H8/c1-12-5-4-8-15-16-10-9-13-6-2-3-7-14(13)18(16)11-17(12)15;1-17-16(15-10-6-3-7-11-15)13-12-14-8-4-2-5-9-14;1-7-5-3-2-4-6-7/h2-8,13-14H,9-11H2,1H3;2-11,13H,1,12H2;2-6H,1H3/b;16-13-;. The maximum absolute atomic E-state index is 4.08. The van der Waals surface area contributed by atoms with E-state index in [0.29, 0.717) is 5.92 Å². The molecule has 42 heavy (non-hydrogen) atoms. The summed E-state index contributed by atoms with van der Waals surface area (Å²) in [6, 6.07) is 37.5. The van der Waals surface area contributed by atoms with Crippen LogP contribution in [0.15, 0.2) is 150 Å². The van der Waals surface area contributed by atoms with Crippen LogP contribution >= 0.6 is 0 Å². The zero-order chi connectivity index (χ0) is 29.1. The molecule has 0 bridgehead atoms. The van der Waals surface area contributed by atoms with Crippen molar-refractivity contribution in [3.63, 3.8) is 0 Å². The van der Waals surface area contributed by atoms with Gasteiger partial charge in [-0.2, -0.15) is 0 Å². The SMILES string of the molecule is C=N/C(=C\Cc1ccccc1)c1ccccc1.Cc1cccc2c1CC1=C2CCC2C=CC=CC12.Cc1ccccc1. The van der Waals surface area contributed by atoms with Crippen LogP contribution in [0.5, 0.6) is 0 Å². The summed E-state index contributed by atoms with van der Waals surface area (Å²) in [6.45, 7) is 7.97. The molecule has 3 aliphatic rings. The summed E-state index contributed by atoms with van der Waals surface area (Å²) in [5, 5.41) is 0. The highest BCUT2D eigenvalue weighted by atomic mass is 14.7. The summed E-state index contributed by atoms with van der Waals surface area (Å²) in [6.07, 6.45) is 16.0. The Labute approximate surface area is 252 Å². The number of nitrogens with zero attached hydrogens (tertiary/aromatic N) is 1. The Morgan fingerprint density at radius 3 is 2.12 bits per heavy atom. The van der Waals surface area contributed by atoms with Gasteiger partial charge in [0.05, 0.1) is 5.70 Å². The zero-order valence-electron chi connectivity index (χ0n) is 24.9. The Morgan fingerprint density at radius 2 is 1.45 bits per heavy atom. The molecule has 0 aliphatic heterocycles. The number of aliphatic imine (C=N–C) groups is 1. The molecule has 4 aromatic rings. The van der Waals surface area contributed by atoms with Crippen molar-refractivity contribution in [3.05, 3.63) is 179 Å². The summed E-state index contributed by atoms with van der Waals surface area (Å²) in [7, 11) is 0. The van der Waals surface area contributed by atoms with E-state index in [2.05, 4.69) is 98.4 Å². The minimum Gasteiger partial charge on any atom is -0.264 e. The second kappa shape index (κ2) is 14.4. The maximum atomic E-state index is 4.08. The van der Waals surface area contributed by atoms with Gasteiger partial charge < -0.3 is 0 Å². The molecule has 2 unspecified atom stereocenters. The molecule has 4 aromatic carbocycles. The van der Waals surface area contributed by atoms with Gasteiger partial charge in [-0.05, 0) is 85.6 Å². The molecule has 0 amide bonds. The van der Waals surface area contributed by atoms with Gasteiger partial charge in [0.25, 0.3) is 0 Å². The van der Waals surface area contributed by atoms with E-state index < -0.39 is 0 Å². The Kier molecular flexibility index (Phi) is 9.96. The minimum atomic E-state index is 0.672. The van der Waals surface area contributed by atoms with Crippen LogP contribution in [0.3, 0.4) is 0 Å². The van der Waals surface area contributed by atoms with Crippen LogP contribution in [0, 0.1) is 25.7 Å². The maximum Gasteiger partial charge on any atom is 0.0658 e. The molecule has 0 saturated carbocycles.